The minimum atomic E-state index is 0.0729. The molecule has 5 rings (SSSR count). The Balaban J connectivity index is 1.49. The molecule has 0 unspecified atom stereocenters. The van der Waals surface area contributed by atoms with Crippen molar-refractivity contribution in [3.05, 3.63) is 29.3 Å². The van der Waals surface area contributed by atoms with Gasteiger partial charge in [0, 0.05) is 17.8 Å². The first-order valence-corrected chi connectivity index (χ1v) is 12.8. The van der Waals surface area contributed by atoms with Crippen molar-refractivity contribution in [2.45, 2.75) is 103 Å². The topological polar surface area (TPSA) is 41.1 Å². The number of amides is 1. The van der Waals surface area contributed by atoms with Crippen molar-refractivity contribution < 1.29 is 4.79 Å². The molecule has 1 aromatic rings. The van der Waals surface area contributed by atoms with Gasteiger partial charge >= 0.3 is 0 Å². The molecule has 3 nitrogen and oxygen atoms in total. The quantitative estimate of drug-likeness (QED) is 0.398. The second kappa shape index (κ2) is 9.75. The van der Waals surface area contributed by atoms with Crippen molar-refractivity contribution in [3.8, 4) is 0 Å². The Hall–Kier alpha value is -1.51. The summed E-state index contributed by atoms with van der Waals surface area (Å²) >= 11 is 0. The monoisotopic (exact) mass is 410 g/mol. The average Bonchev–Trinajstić information content (AvgIpc) is 2.70. The predicted molar refractivity (Wildman–Crippen MR) is 126 cm³/mol. The van der Waals surface area contributed by atoms with Crippen LogP contribution >= 0.6 is 0 Å². The molecule has 1 aromatic carbocycles. The Labute approximate surface area is 183 Å². The van der Waals surface area contributed by atoms with Gasteiger partial charge in [0.1, 0.15) is 0 Å². The summed E-state index contributed by atoms with van der Waals surface area (Å²) in [6, 6.07) is 6.55. The summed E-state index contributed by atoms with van der Waals surface area (Å²) in [5.74, 6) is 2.71. The first-order valence-electron chi connectivity index (χ1n) is 12.8. The standard InChI is InChI=1S/C27H42N2O/c1-3-5-7-9-20-10-11-25(28-12-8-6-4-2)24(16-20)26(30)29-27-17-21-13-22(18-27)15-23(14-21)19-27/h10-11,16,21-23,28H,3-9,12-15,17-19H2,1-2H3,(H,29,30). The highest BCUT2D eigenvalue weighted by Crippen LogP contribution is 2.55. The number of anilines is 1. The highest BCUT2D eigenvalue weighted by Gasteiger charge is 2.51. The van der Waals surface area contributed by atoms with Crippen LogP contribution in [0.25, 0.3) is 0 Å². The molecule has 0 saturated heterocycles. The number of unbranched alkanes of at least 4 members (excludes halogenated alkanes) is 4. The molecule has 0 atom stereocenters. The van der Waals surface area contributed by atoms with Gasteiger partial charge in [0.25, 0.3) is 5.91 Å². The molecule has 4 fully saturated rings. The molecule has 3 heteroatoms. The first-order chi connectivity index (χ1) is 14.6. The molecule has 30 heavy (non-hydrogen) atoms. The van der Waals surface area contributed by atoms with Gasteiger partial charge in [-0.3, -0.25) is 4.79 Å². The van der Waals surface area contributed by atoms with E-state index in [2.05, 4.69) is 42.7 Å². The molecule has 0 aliphatic heterocycles. The van der Waals surface area contributed by atoms with Gasteiger partial charge in [-0.25, -0.2) is 0 Å². The summed E-state index contributed by atoms with van der Waals surface area (Å²) in [7, 11) is 0. The lowest BCUT2D eigenvalue weighted by Crippen LogP contribution is -2.59. The molecule has 1 amide bonds. The second-order valence-corrected chi connectivity index (χ2v) is 10.6. The fraction of sp³-hybridized carbons (Fsp3) is 0.741. The van der Waals surface area contributed by atoms with Gasteiger partial charge in [-0.05, 0) is 93.2 Å². The average molecular weight is 411 g/mol. The molecule has 4 saturated carbocycles. The number of carbonyl (C=O) groups excluding carboxylic acids is 1. The minimum Gasteiger partial charge on any atom is -0.384 e. The first kappa shape index (κ1) is 21.7. The SMILES string of the molecule is CCCCCNc1ccc(CCCCC)cc1C(=O)NC12CC3CC(CC(C3)C1)C2. The maximum absolute atomic E-state index is 13.6. The fourth-order valence-electron chi connectivity index (χ4n) is 6.84. The van der Waals surface area contributed by atoms with Crippen molar-refractivity contribution in [1.82, 2.24) is 5.32 Å². The van der Waals surface area contributed by atoms with Crippen molar-refractivity contribution in [3.63, 3.8) is 0 Å². The number of benzene rings is 1. The van der Waals surface area contributed by atoms with E-state index < -0.39 is 0 Å². The van der Waals surface area contributed by atoms with Crippen LogP contribution in [0.4, 0.5) is 5.69 Å². The van der Waals surface area contributed by atoms with Gasteiger partial charge in [0.2, 0.25) is 0 Å². The molecule has 166 valence electrons. The van der Waals surface area contributed by atoms with E-state index in [-0.39, 0.29) is 11.4 Å². The highest BCUT2D eigenvalue weighted by atomic mass is 16.1. The summed E-state index contributed by atoms with van der Waals surface area (Å²) in [5.41, 5.74) is 3.27. The summed E-state index contributed by atoms with van der Waals surface area (Å²) in [6.07, 6.45) is 16.2. The zero-order chi connectivity index (χ0) is 21.0. The van der Waals surface area contributed by atoms with Crippen molar-refractivity contribution in [2.24, 2.45) is 17.8 Å². The molecular weight excluding hydrogens is 368 g/mol. The van der Waals surface area contributed by atoms with Gasteiger partial charge in [-0.2, -0.15) is 0 Å². The van der Waals surface area contributed by atoms with E-state index in [0.29, 0.717) is 0 Å². The van der Waals surface area contributed by atoms with E-state index in [0.717, 1.165) is 48.4 Å². The number of nitrogens with one attached hydrogen (secondary N) is 2. The Kier molecular flexibility index (Phi) is 7.05. The van der Waals surface area contributed by atoms with Crippen LogP contribution < -0.4 is 10.6 Å². The summed E-state index contributed by atoms with van der Waals surface area (Å²) in [6.45, 7) is 5.42. The molecule has 0 spiro atoms. The van der Waals surface area contributed by atoms with Gasteiger partial charge in [0.15, 0.2) is 0 Å². The zero-order valence-corrected chi connectivity index (χ0v) is 19.3. The number of aryl methyl sites for hydroxylation is 1. The third kappa shape index (κ3) is 5.03. The van der Waals surface area contributed by atoms with Crippen LogP contribution in [0.15, 0.2) is 18.2 Å². The molecule has 2 N–H and O–H groups in total. The third-order valence-corrected chi connectivity index (χ3v) is 7.91. The van der Waals surface area contributed by atoms with Crippen LogP contribution in [-0.4, -0.2) is 18.0 Å². The largest absolute Gasteiger partial charge is 0.384 e. The van der Waals surface area contributed by atoms with Crippen LogP contribution in [0.1, 0.15) is 107 Å². The van der Waals surface area contributed by atoms with Crippen LogP contribution in [0, 0.1) is 17.8 Å². The summed E-state index contributed by atoms with van der Waals surface area (Å²) in [5, 5.41) is 7.17. The molecule has 0 radical (unpaired) electrons. The Bertz CT molecular complexity index is 690. The Morgan fingerprint density at radius 2 is 1.57 bits per heavy atom. The molecule has 0 heterocycles. The van der Waals surface area contributed by atoms with E-state index in [1.165, 1.54) is 76.2 Å². The van der Waals surface area contributed by atoms with E-state index in [1.54, 1.807) is 0 Å². The number of carbonyl (C=O) groups is 1. The molecule has 4 bridgehead atoms. The van der Waals surface area contributed by atoms with Gasteiger partial charge < -0.3 is 10.6 Å². The third-order valence-electron chi connectivity index (χ3n) is 7.91. The Morgan fingerprint density at radius 1 is 0.933 bits per heavy atom. The molecule has 4 aliphatic carbocycles. The van der Waals surface area contributed by atoms with E-state index in [1.807, 2.05) is 0 Å². The fourth-order valence-corrected chi connectivity index (χ4v) is 6.84. The molecule has 0 aromatic heterocycles. The number of hydrogen-bond donors (Lipinski definition) is 2. The van der Waals surface area contributed by atoms with E-state index >= 15 is 0 Å². The lowest BCUT2D eigenvalue weighted by atomic mass is 9.53. The highest BCUT2D eigenvalue weighted by molar-refractivity contribution is 6.00. The van der Waals surface area contributed by atoms with Crippen molar-refractivity contribution in [1.29, 1.82) is 0 Å². The predicted octanol–water partition coefficient (Wildman–Crippen LogP) is 6.72. The number of rotatable bonds is 11. The number of hydrogen-bond acceptors (Lipinski definition) is 2. The Morgan fingerprint density at radius 3 is 2.20 bits per heavy atom. The summed E-state index contributed by atoms with van der Waals surface area (Å²) < 4.78 is 0. The van der Waals surface area contributed by atoms with Crippen molar-refractivity contribution >= 4 is 11.6 Å². The van der Waals surface area contributed by atoms with Crippen LogP contribution in [0.2, 0.25) is 0 Å². The normalized spacial score (nSPS) is 29.2. The smallest absolute Gasteiger partial charge is 0.253 e. The van der Waals surface area contributed by atoms with Gasteiger partial charge in [-0.15, -0.1) is 0 Å². The lowest BCUT2D eigenvalue weighted by Gasteiger charge is -2.56. The molecular formula is C27H42N2O. The van der Waals surface area contributed by atoms with E-state index in [4.69, 9.17) is 0 Å². The summed E-state index contributed by atoms with van der Waals surface area (Å²) in [4.78, 5) is 13.6. The lowest BCUT2D eigenvalue weighted by molar-refractivity contribution is -0.0166. The molecule has 4 aliphatic rings. The minimum absolute atomic E-state index is 0.0729. The van der Waals surface area contributed by atoms with Crippen LogP contribution in [0.3, 0.4) is 0 Å². The van der Waals surface area contributed by atoms with Crippen molar-refractivity contribution in [2.75, 3.05) is 11.9 Å². The second-order valence-electron chi connectivity index (χ2n) is 10.6. The maximum atomic E-state index is 13.6. The van der Waals surface area contributed by atoms with Crippen LogP contribution in [0.5, 0.6) is 0 Å². The zero-order valence-electron chi connectivity index (χ0n) is 19.3. The van der Waals surface area contributed by atoms with Crippen LogP contribution in [-0.2, 0) is 6.42 Å². The van der Waals surface area contributed by atoms with Gasteiger partial charge in [-0.1, -0.05) is 45.6 Å². The van der Waals surface area contributed by atoms with E-state index in [9.17, 15) is 4.79 Å². The maximum Gasteiger partial charge on any atom is 0.253 e. The van der Waals surface area contributed by atoms with Gasteiger partial charge in [0.05, 0.1) is 5.56 Å².